The highest BCUT2D eigenvalue weighted by molar-refractivity contribution is 7.98. The number of amides is 2. The van der Waals surface area contributed by atoms with E-state index in [9.17, 15) is 9.59 Å². The number of benzene rings is 1. The molecule has 1 aromatic carbocycles. The number of ether oxygens (including phenoxy) is 3. The van der Waals surface area contributed by atoms with Crippen LogP contribution in [0.3, 0.4) is 0 Å². The minimum atomic E-state index is -0.694. The number of hydrogen-bond acceptors (Lipinski definition) is 6. The molecule has 1 N–H and O–H groups in total. The first-order valence-electron chi connectivity index (χ1n) is 7.87. The number of carbonyl (C=O) groups excluding carboxylic acids is 2. The van der Waals surface area contributed by atoms with Crippen LogP contribution in [-0.4, -0.2) is 49.5 Å². The van der Waals surface area contributed by atoms with Gasteiger partial charge in [0.2, 0.25) is 12.7 Å². The monoisotopic (exact) mass is 368 g/mol. The zero-order valence-corrected chi connectivity index (χ0v) is 15.9. The van der Waals surface area contributed by atoms with Crippen LogP contribution in [0.1, 0.15) is 20.8 Å². The maximum atomic E-state index is 12.8. The first-order chi connectivity index (χ1) is 11.7. The van der Waals surface area contributed by atoms with Gasteiger partial charge in [-0.05, 0) is 39.2 Å². The molecule has 0 bridgehead atoms. The van der Waals surface area contributed by atoms with Crippen LogP contribution in [0.15, 0.2) is 18.2 Å². The Morgan fingerprint density at radius 3 is 2.64 bits per heavy atom. The topological polar surface area (TPSA) is 77.1 Å². The molecule has 2 amide bonds. The van der Waals surface area contributed by atoms with Gasteiger partial charge in [-0.3, -0.25) is 4.79 Å². The van der Waals surface area contributed by atoms with Crippen molar-refractivity contribution in [2.75, 3.05) is 30.7 Å². The van der Waals surface area contributed by atoms with Crippen molar-refractivity contribution in [1.29, 1.82) is 0 Å². The third-order valence-electron chi connectivity index (χ3n) is 3.40. The van der Waals surface area contributed by atoms with Gasteiger partial charge in [-0.1, -0.05) is 0 Å². The number of anilines is 1. The maximum Gasteiger partial charge on any atom is 0.408 e. The summed E-state index contributed by atoms with van der Waals surface area (Å²) < 4.78 is 15.9. The fourth-order valence-electron chi connectivity index (χ4n) is 2.25. The highest BCUT2D eigenvalue weighted by Gasteiger charge is 2.27. The minimum Gasteiger partial charge on any atom is -0.454 e. The minimum absolute atomic E-state index is 0.172. The molecular formula is C17H24N2O5S. The van der Waals surface area contributed by atoms with Crippen LogP contribution in [0.5, 0.6) is 11.5 Å². The average molecular weight is 368 g/mol. The molecule has 1 aliphatic heterocycles. The van der Waals surface area contributed by atoms with E-state index >= 15 is 0 Å². The smallest absolute Gasteiger partial charge is 0.408 e. The summed E-state index contributed by atoms with van der Waals surface area (Å²) in [6.45, 7) is 5.50. The molecule has 7 nitrogen and oxygen atoms in total. The Kier molecular flexibility index (Phi) is 6.05. The number of fused-ring (bicyclic) bond motifs is 1. The van der Waals surface area contributed by atoms with Gasteiger partial charge in [0.25, 0.3) is 0 Å². The Labute approximate surface area is 152 Å². The number of rotatable bonds is 5. The molecular weight excluding hydrogens is 344 g/mol. The fraction of sp³-hybridized carbons (Fsp3) is 0.529. The van der Waals surface area contributed by atoms with Crippen LogP contribution in [0.2, 0.25) is 0 Å². The standard InChI is InChI=1S/C17H24N2O5S/c1-17(2,3)24-16(21)18-12(9-25-5)15(20)19(4)11-6-7-13-14(8-11)23-10-22-13/h6-8,12H,9-10H2,1-5H3,(H,18,21)/t12-/m0/s1. The summed E-state index contributed by atoms with van der Waals surface area (Å²) in [5.41, 5.74) is 0.0339. The third-order valence-corrected chi connectivity index (χ3v) is 4.06. The highest BCUT2D eigenvalue weighted by Crippen LogP contribution is 2.35. The van der Waals surface area contributed by atoms with E-state index in [1.54, 1.807) is 46.0 Å². The summed E-state index contributed by atoms with van der Waals surface area (Å²) >= 11 is 1.47. The predicted octanol–water partition coefficient (Wildman–Crippen LogP) is 2.63. The lowest BCUT2D eigenvalue weighted by Crippen LogP contribution is -2.50. The van der Waals surface area contributed by atoms with Crippen molar-refractivity contribution >= 4 is 29.4 Å². The van der Waals surface area contributed by atoms with Crippen molar-refractivity contribution in [1.82, 2.24) is 5.32 Å². The normalized spacial score (nSPS) is 14.0. The van der Waals surface area contributed by atoms with E-state index in [4.69, 9.17) is 14.2 Å². The summed E-state index contributed by atoms with van der Waals surface area (Å²) in [6, 6.07) is 4.57. The molecule has 1 aliphatic rings. The molecule has 1 aromatic rings. The number of alkyl carbamates (subject to hydrolysis) is 1. The van der Waals surface area contributed by atoms with E-state index in [0.29, 0.717) is 22.9 Å². The van der Waals surface area contributed by atoms with Gasteiger partial charge in [0.1, 0.15) is 11.6 Å². The summed E-state index contributed by atoms with van der Waals surface area (Å²) in [5.74, 6) is 1.45. The third kappa shape index (κ3) is 5.19. The van der Waals surface area contributed by atoms with E-state index in [-0.39, 0.29) is 12.7 Å². The SMILES string of the molecule is CSC[C@H](NC(=O)OC(C)(C)C)C(=O)N(C)c1ccc2c(c1)OCO2. The molecule has 0 spiro atoms. The van der Waals surface area contributed by atoms with Crippen LogP contribution >= 0.6 is 11.8 Å². The number of likely N-dealkylation sites (N-methyl/N-ethyl adjacent to an activating group) is 1. The van der Waals surface area contributed by atoms with Crippen molar-refractivity contribution in [3.63, 3.8) is 0 Å². The first kappa shape index (κ1) is 19.2. The van der Waals surface area contributed by atoms with Crippen molar-refractivity contribution in [2.24, 2.45) is 0 Å². The van der Waals surface area contributed by atoms with Crippen LogP contribution in [-0.2, 0) is 9.53 Å². The van der Waals surface area contributed by atoms with Gasteiger partial charge < -0.3 is 24.4 Å². The molecule has 0 aliphatic carbocycles. The number of nitrogens with one attached hydrogen (secondary N) is 1. The summed E-state index contributed by atoms with van der Waals surface area (Å²) in [4.78, 5) is 26.3. The second-order valence-corrected chi connectivity index (χ2v) is 7.50. The molecule has 8 heteroatoms. The number of carbonyl (C=O) groups is 2. The Hall–Kier alpha value is -2.09. The van der Waals surface area contributed by atoms with Gasteiger partial charge in [0.15, 0.2) is 11.5 Å². The Morgan fingerprint density at radius 2 is 2.00 bits per heavy atom. The molecule has 0 saturated heterocycles. The fourth-order valence-corrected chi connectivity index (χ4v) is 2.81. The van der Waals surface area contributed by atoms with E-state index < -0.39 is 17.7 Å². The molecule has 138 valence electrons. The van der Waals surface area contributed by atoms with Crippen molar-refractivity contribution in [3.8, 4) is 11.5 Å². The second-order valence-electron chi connectivity index (χ2n) is 6.59. The predicted molar refractivity (Wildman–Crippen MR) is 97.5 cm³/mol. The molecule has 25 heavy (non-hydrogen) atoms. The first-order valence-corrected chi connectivity index (χ1v) is 9.26. The highest BCUT2D eigenvalue weighted by atomic mass is 32.2. The largest absolute Gasteiger partial charge is 0.454 e. The van der Waals surface area contributed by atoms with E-state index in [1.807, 2.05) is 6.26 Å². The molecule has 1 atom stereocenters. The summed E-state index contributed by atoms with van der Waals surface area (Å²) in [6.07, 6.45) is 1.26. The van der Waals surface area contributed by atoms with Crippen LogP contribution in [0.25, 0.3) is 0 Å². The van der Waals surface area contributed by atoms with E-state index in [0.717, 1.165) is 0 Å². The Morgan fingerprint density at radius 1 is 1.32 bits per heavy atom. The van der Waals surface area contributed by atoms with E-state index in [2.05, 4.69) is 5.32 Å². The van der Waals surface area contributed by atoms with Crippen molar-refractivity contribution < 1.29 is 23.8 Å². The average Bonchev–Trinajstić information content (AvgIpc) is 2.98. The molecule has 2 rings (SSSR count). The Bertz CT molecular complexity index is 644. The van der Waals surface area contributed by atoms with Crippen LogP contribution in [0.4, 0.5) is 10.5 Å². The summed E-state index contributed by atoms with van der Waals surface area (Å²) in [7, 11) is 1.66. The zero-order valence-electron chi connectivity index (χ0n) is 15.1. The lowest BCUT2D eigenvalue weighted by molar-refractivity contribution is -0.119. The van der Waals surface area contributed by atoms with E-state index in [1.165, 1.54) is 16.7 Å². The Balaban J connectivity index is 2.09. The lowest BCUT2D eigenvalue weighted by Gasteiger charge is -2.26. The number of thioether (sulfide) groups is 1. The van der Waals surface area contributed by atoms with Crippen LogP contribution in [0, 0.1) is 0 Å². The number of hydrogen-bond donors (Lipinski definition) is 1. The lowest BCUT2D eigenvalue weighted by atomic mass is 10.2. The number of nitrogens with zero attached hydrogens (tertiary/aromatic N) is 1. The molecule has 1 heterocycles. The second kappa shape index (κ2) is 7.86. The molecule has 0 unspecified atom stereocenters. The van der Waals surface area contributed by atoms with Crippen molar-refractivity contribution in [3.05, 3.63) is 18.2 Å². The van der Waals surface area contributed by atoms with Gasteiger partial charge in [-0.2, -0.15) is 11.8 Å². The van der Waals surface area contributed by atoms with Crippen LogP contribution < -0.4 is 19.7 Å². The van der Waals surface area contributed by atoms with Gasteiger partial charge in [-0.25, -0.2) is 4.79 Å². The van der Waals surface area contributed by atoms with Crippen molar-refractivity contribution in [2.45, 2.75) is 32.4 Å². The summed E-state index contributed by atoms with van der Waals surface area (Å²) in [5, 5.41) is 2.65. The van der Waals surface area contributed by atoms with Gasteiger partial charge >= 0.3 is 6.09 Å². The molecule has 0 fully saturated rings. The zero-order chi connectivity index (χ0) is 18.6. The quantitative estimate of drug-likeness (QED) is 0.861. The molecule has 0 radical (unpaired) electrons. The van der Waals surface area contributed by atoms with Gasteiger partial charge in [0, 0.05) is 24.6 Å². The molecule has 0 aromatic heterocycles. The van der Waals surface area contributed by atoms with Gasteiger partial charge in [0.05, 0.1) is 0 Å². The van der Waals surface area contributed by atoms with Gasteiger partial charge in [-0.15, -0.1) is 0 Å². The maximum absolute atomic E-state index is 12.8. The molecule has 0 saturated carbocycles.